The standard InChI is InChI=1S/C14H15N3O/c15-8-11-7-10-3-1-5-13(10)16-14(11)17-6-2-4-12(18)9-17/h7H,1-6,9H2. The van der Waals surface area contributed by atoms with Crippen LogP contribution >= 0.6 is 0 Å². The van der Waals surface area contributed by atoms with E-state index in [1.807, 2.05) is 11.0 Å². The summed E-state index contributed by atoms with van der Waals surface area (Å²) in [6, 6.07) is 4.18. The molecule has 92 valence electrons. The predicted molar refractivity (Wildman–Crippen MR) is 67.4 cm³/mol. The Balaban J connectivity index is 2.00. The smallest absolute Gasteiger partial charge is 0.152 e. The molecule has 18 heavy (non-hydrogen) atoms. The van der Waals surface area contributed by atoms with Crippen LogP contribution in [0.5, 0.6) is 0 Å². The number of nitriles is 1. The van der Waals surface area contributed by atoms with Crippen LogP contribution < -0.4 is 4.90 Å². The number of pyridine rings is 1. The second kappa shape index (κ2) is 4.41. The van der Waals surface area contributed by atoms with Crippen LogP contribution in [0.2, 0.25) is 0 Å². The largest absolute Gasteiger partial charge is 0.348 e. The Morgan fingerprint density at radius 3 is 2.94 bits per heavy atom. The van der Waals surface area contributed by atoms with Crippen LogP contribution in [0.15, 0.2) is 6.07 Å². The zero-order valence-corrected chi connectivity index (χ0v) is 10.3. The maximum Gasteiger partial charge on any atom is 0.152 e. The van der Waals surface area contributed by atoms with Crippen LogP contribution in [-0.4, -0.2) is 23.9 Å². The third-order valence-corrected chi connectivity index (χ3v) is 3.70. The van der Waals surface area contributed by atoms with Crippen LogP contribution in [0.4, 0.5) is 5.82 Å². The highest BCUT2D eigenvalue weighted by Gasteiger charge is 2.23. The molecule has 0 amide bonds. The number of anilines is 1. The van der Waals surface area contributed by atoms with E-state index in [0.29, 0.717) is 24.3 Å². The number of hydrogen-bond acceptors (Lipinski definition) is 4. The van der Waals surface area contributed by atoms with E-state index in [1.54, 1.807) is 0 Å². The summed E-state index contributed by atoms with van der Waals surface area (Å²) < 4.78 is 0. The lowest BCUT2D eigenvalue weighted by atomic mass is 10.1. The highest BCUT2D eigenvalue weighted by Crippen LogP contribution is 2.28. The predicted octanol–water partition coefficient (Wildman–Crippen LogP) is 1.61. The van der Waals surface area contributed by atoms with Gasteiger partial charge in [0, 0.05) is 18.7 Å². The van der Waals surface area contributed by atoms with Crippen molar-refractivity contribution in [2.45, 2.75) is 32.1 Å². The molecule has 1 aliphatic carbocycles. The van der Waals surface area contributed by atoms with Crippen molar-refractivity contribution in [1.29, 1.82) is 5.26 Å². The number of hydrogen-bond donors (Lipinski definition) is 0. The zero-order valence-electron chi connectivity index (χ0n) is 10.3. The van der Waals surface area contributed by atoms with Gasteiger partial charge in [-0.15, -0.1) is 0 Å². The molecule has 0 N–H and O–H groups in total. The number of aryl methyl sites for hydroxylation is 2. The van der Waals surface area contributed by atoms with Crippen molar-refractivity contribution in [3.63, 3.8) is 0 Å². The fourth-order valence-corrected chi connectivity index (χ4v) is 2.80. The van der Waals surface area contributed by atoms with Gasteiger partial charge in [0.2, 0.25) is 0 Å². The normalized spacial score (nSPS) is 18.6. The van der Waals surface area contributed by atoms with Gasteiger partial charge in [0.05, 0.1) is 12.1 Å². The molecule has 3 rings (SSSR count). The minimum Gasteiger partial charge on any atom is -0.348 e. The average molecular weight is 241 g/mol. The molecule has 1 aromatic rings. The van der Waals surface area contributed by atoms with Crippen molar-refractivity contribution in [1.82, 2.24) is 4.98 Å². The van der Waals surface area contributed by atoms with E-state index in [2.05, 4.69) is 11.1 Å². The molecule has 1 aliphatic heterocycles. The summed E-state index contributed by atoms with van der Waals surface area (Å²) >= 11 is 0. The van der Waals surface area contributed by atoms with Crippen LogP contribution in [0, 0.1) is 11.3 Å². The first-order valence-electron chi connectivity index (χ1n) is 6.47. The maximum absolute atomic E-state index is 11.5. The average Bonchev–Trinajstić information content (AvgIpc) is 2.84. The monoisotopic (exact) mass is 241 g/mol. The Hall–Kier alpha value is -1.89. The van der Waals surface area contributed by atoms with E-state index >= 15 is 0 Å². The molecular formula is C14H15N3O. The Labute approximate surface area is 106 Å². The van der Waals surface area contributed by atoms with Gasteiger partial charge in [0.25, 0.3) is 0 Å². The molecule has 2 heterocycles. The number of ketones is 1. The molecule has 1 saturated heterocycles. The van der Waals surface area contributed by atoms with E-state index in [1.165, 1.54) is 5.56 Å². The maximum atomic E-state index is 11.5. The summed E-state index contributed by atoms with van der Waals surface area (Å²) in [5.74, 6) is 0.957. The fraction of sp³-hybridized carbons (Fsp3) is 0.500. The van der Waals surface area contributed by atoms with Gasteiger partial charge in [-0.2, -0.15) is 5.26 Å². The van der Waals surface area contributed by atoms with Crippen molar-refractivity contribution < 1.29 is 4.79 Å². The summed E-state index contributed by atoms with van der Waals surface area (Å²) in [6.07, 6.45) is 4.66. The molecule has 0 atom stereocenters. The van der Waals surface area contributed by atoms with Gasteiger partial charge in [0.15, 0.2) is 5.78 Å². The van der Waals surface area contributed by atoms with E-state index in [0.717, 1.165) is 37.9 Å². The first-order valence-corrected chi connectivity index (χ1v) is 6.47. The number of rotatable bonds is 1. The topological polar surface area (TPSA) is 57.0 Å². The van der Waals surface area contributed by atoms with Crippen molar-refractivity contribution >= 4 is 11.6 Å². The SMILES string of the molecule is N#Cc1cc2c(nc1N1CCCC(=O)C1)CCC2. The van der Waals surface area contributed by atoms with E-state index < -0.39 is 0 Å². The van der Waals surface area contributed by atoms with Gasteiger partial charge in [0.1, 0.15) is 11.9 Å². The molecule has 0 bridgehead atoms. The summed E-state index contributed by atoms with van der Waals surface area (Å²) in [5, 5.41) is 9.24. The summed E-state index contributed by atoms with van der Waals surface area (Å²) in [6.45, 7) is 1.23. The van der Waals surface area contributed by atoms with E-state index in [9.17, 15) is 10.1 Å². The summed E-state index contributed by atoms with van der Waals surface area (Å²) in [4.78, 5) is 18.1. The van der Waals surface area contributed by atoms with Gasteiger partial charge in [-0.1, -0.05) is 0 Å². The number of fused-ring (bicyclic) bond motifs is 1. The number of aromatic nitrogens is 1. The lowest BCUT2D eigenvalue weighted by molar-refractivity contribution is -0.118. The number of nitrogens with zero attached hydrogens (tertiary/aromatic N) is 3. The third-order valence-electron chi connectivity index (χ3n) is 3.70. The van der Waals surface area contributed by atoms with Crippen LogP contribution in [0.3, 0.4) is 0 Å². The van der Waals surface area contributed by atoms with E-state index in [-0.39, 0.29) is 5.78 Å². The number of carbonyl (C=O) groups excluding carboxylic acids is 1. The lowest BCUT2D eigenvalue weighted by Crippen LogP contribution is -2.36. The molecule has 0 spiro atoms. The van der Waals surface area contributed by atoms with Crippen LogP contribution in [-0.2, 0) is 17.6 Å². The molecule has 4 heteroatoms. The Kier molecular flexibility index (Phi) is 2.75. The van der Waals surface area contributed by atoms with Gasteiger partial charge in [-0.25, -0.2) is 4.98 Å². The fourth-order valence-electron chi connectivity index (χ4n) is 2.80. The van der Waals surface area contributed by atoms with E-state index in [4.69, 9.17) is 0 Å². The molecule has 0 unspecified atom stereocenters. The molecule has 1 aromatic heterocycles. The van der Waals surface area contributed by atoms with Gasteiger partial charge in [-0.05, 0) is 37.3 Å². The van der Waals surface area contributed by atoms with Crippen LogP contribution in [0.1, 0.15) is 36.1 Å². The van der Waals surface area contributed by atoms with Crippen LogP contribution in [0.25, 0.3) is 0 Å². The van der Waals surface area contributed by atoms with Crippen molar-refractivity contribution in [3.05, 3.63) is 22.9 Å². The molecule has 0 aromatic carbocycles. The molecule has 2 aliphatic rings. The third kappa shape index (κ3) is 1.86. The highest BCUT2D eigenvalue weighted by molar-refractivity contribution is 5.84. The van der Waals surface area contributed by atoms with Gasteiger partial charge >= 0.3 is 0 Å². The number of carbonyl (C=O) groups is 1. The van der Waals surface area contributed by atoms with Crippen molar-refractivity contribution in [2.24, 2.45) is 0 Å². The van der Waals surface area contributed by atoms with Gasteiger partial charge < -0.3 is 4.90 Å². The number of Topliss-reactive ketones (excluding diaryl/α,β-unsaturated/α-hetero) is 1. The summed E-state index contributed by atoms with van der Waals surface area (Å²) in [5.41, 5.74) is 2.94. The first-order chi connectivity index (χ1) is 8.78. The molecule has 1 fully saturated rings. The van der Waals surface area contributed by atoms with Gasteiger partial charge in [-0.3, -0.25) is 4.79 Å². The molecule has 4 nitrogen and oxygen atoms in total. The highest BCUT2D eigenvalue weighted by atomic mass is 16.1. The zero-order chi connectivity index (χ0) is 12.5. The van der Waals surface area contributed by atoms with Crippen molar-refractivity contribution in [3.8, 4) is 6.07 Å². The molecule has 0 saturated carbocycles. The minimum atomic E-state index is 0.243. The number of piperidine rings is 1. The minimum absolute atomic E-state index is 0.243. The lowest BCUT2D eigenvalue weighted by Gasteiger charge is -2.27. The summed E-state index contributed by atoms with van der Waals surface area (Å²) in [7, 11) is 0. The van der Waals surface area contributed by atoms with Crippen molar-refractivity contribution in [2.75, 3.05) is 18.0 Å². The second-order valence-corrected chi connectivity index (χ2v) is 4.99. The Bertz CT molecular complexity index is 545. The second-order valence-electron chi connectivity index (χ2n) is 4.99. The Morgan fingerprint density at radius 1 is 1.28 bits per heavy atom. The quantitative estimate of drug-likeness (QED) is 0.749. The molecular weight excluding hydrogens is 226 g/mol. The Morgan fingerprint density at radius 2 is 2.17 bits per heavy atom. The first kappa shape index (κ1) is 11.2. The molecule has 0 radical (unpaired) electrons.